The molecule has 0 aliphatic heterocycles. The average molecular weight is 386 g/mol. The molecule has 0 bridgehead atoms. The van der Waals surface area contributed by atoms with Crippen LogP contribution in [0.4, 0.5) is 15.9 Å². The lowest BCUT2D eigenvalue weighted by atomic mass is 10.2. The fourth-order valence-electron chi connectivity index (χ4n) is 3.02. The quantitative estimate of drug-likeness (QED) is 0.499. The molecule has 1 N–H and O–H groups in total. The van der Waals surface area contributed by atoms with Crippen LogP contribution in [-0.2, 0) is 6.54 Å². The first-order valence-corrected chi connectivity index (χ1v) is 8.90. The summed E-state index contributed by atoms with van der Waals surface area (Å²) >= 11 is 0. The third-order valence-corrected chi connectivity index (χ3v) is 4.39. The van der Waals surface area contributed by atoms with Crippen LogP contribution in [0.25, 0.3) is 16.9 Å². The highest BCUT2D eigenvalue weighted by molar-refractivity contribution is 5.88. The Labute approximate surface area is 164 Å². The van der Waals surface area contributed by atoms with Crippen LogP contribution >= 0.6 is 0 Å². The normalized spacial score (nSPS) is 11.1. The van der Waals surface area contributed by atoms with Gasteiger partial charge in [-0.2, -0.15) is 14.9 Å². The minimum atomic E-state index is -0.254. The lowest BCUT2D eigenvalue weighted by Gasteiger charge is -2.05. The molecule has 0 aliphatic carbocycles. The molecule has 5 rings (SSSR count). The Morgan fingerprint density at radius 3 is 2.66 bits per heavy atom. The Morgan fingerprint density at radius 2 is 1.83 bits per heavy atom. The van der Waals surface area contributed by atoms with Gasteiger partial charge in [-0.3, -0.25) is 4.68 Å². The lowest BCUT2D eigenvalue weighted by molar-refractivity contribution is 0.624. The maximum Gasteiger partial charge on any atom is 0.170 e. The third-order valence-electron chi connectivity index (χ3n) is 4.39. The van der Waals surface area contributed by atoms with E-state index in [0.717, 1.165) is 16.6 Å². The van der Waals surface area contributed by atoms with Crippen LogP contribution < -0.4 is 5.32 Å². The van der Waals surface area contributed by atoms with Crippen molar-refractivity contribution in [3.05, 3.63) is 85.0 Å². The third kappa shape index (κ3) is 3.41. The van der Waals surface area contributed by atoms with Crippen molar-refractivity contribution in [1.82, 2.24) is 34.5 Å². The van der Waals surface area contributed by atoms with Gasteiger partial charge in [0.1, 0.15) is 18.0 Å². The van der Waals surface area contributed by atoms with Crippen LogP contribution in [0.2, 0.25) is 0 Å². The van der Waals surface area contributed by atoms with E-state index in [1.54, 1.807) is 40.1 Å². The van der Waals surface area contributed by atoms with Crippen LogP contribution in [0.1, 0.15) is 5.56 Å². The fourth-order valence-corrected chi connectivity index (χ4v) is 3.02. The molecule has 0 fully saturated rings. The smallest absolute Gasteiger partial charge is 0.170 e. The van der Waals surface area contributed by atoms with Crippen LogP contribution in [0, 0.1) is 5.82 Å². The molecular formula is C20H15FN8. The van der Waals surface area contributed by atoms with Crippen molar-refractivity contribution >= 4 is 22.5 Å². The number of nitrogens with zero attached hydrogens (tertiary/aromatic N) is 7. The standard InChI is InChI=1S/C20H15FN8/c21-15-6-4-14(5-7-15)11-28-12-16(9-25-28)27-19-17-10-26-29(20(17)24-13-23-19)18-3-1-2-8-22-18/h1-10,12-13H,11H2,(H,23,24,27). The largest absolute Gasteiger partial charge is 0.337 e. The van der Waals surface area contributed by atoms with Gasteiger partial charge in [0.05, 0.1) is 30.0 Å². The molecule has 9 heteroatoms. The van der Waals surface area contributed by atoms with Crippen LogP contribution in [-0.4, -0.2) is 34.5 Å². The minimum Gasteiger partial charge on any atom is -0.337 e. The van der Waals surface area contributed by atoms with E-state index in [0.29, 0.717) is 23.8 Å². The summed E-state index contributed by atoms with van der Waals surface area (Å²) in [7, 11) is 0. The molecule has 0 atom stereocenters. The molecule has 142 valence electrons. The van der Waals surface area contributed by atoms with E-state index < -0.39 is 0 Å². The van der Waals surface area contributed by atoms with Gasteiger partial charge in [-0.05, 0) is 29.8 Å². The first-order chi connectivity index (χ1) is 14.3. The molecule has 0 amide bonds. The molecule has 29 heavy (non-hydrogen) atoms. The predicted molar refractivity (Wildman–Crippen MR) is 105 cm³/mol. The highest BCUT2D eigenvalue weighted by Crippen LogP contribution is 2.24. The Kier molecular flexibility index (Phi) is 4.17. The monoisotopic (exact) mass is 386 g/mol. The maximum atomic E-state index is 13.1. The van der Waals surface area contributed by atoms with Gasteiger partial charge in [0, 0.05) is 12.4 Å². The molecule has 0 aliphatic rings. The van der Waals surface area contributed by atoms with E-state index in [1.165, 1.54) is 18.5 Å². The number of nitrogens with one attached hydrogen (secondary N) is 1. The number of hydrogen-bond donors (Lipinski definition) is 1. The second-order valence-electron chi connectivity index (χ2n) is 6.38. The number of pyridine rings is 1. The summed E-state index contributed by atoms with van der Waals surface area (Å²) in [6, 6.07) is 12.0. The molecule has 0 saturated carbocycles. The molecule has 5 aromatic rings. The van der Waals surface area contributed by atoms with Gasteiger partial charge in [-0.15, -0.1) is 0 Å². The zero-order valence-corrected chi connectivity index (χ0v) is 15.1. The molecule has 0 spiro atoms. The van der Waals surface area contributed by atoms with Gasteiger partial charge < -0.3 is 5.32 Å². The van der Waals surface area contributed by atoms with Crippen LogP contribution in [0.3, 0.4) is 0 Å². The predicted octanol–water partition coefficient (Wildman–Crippen LogP) is 3.34. The number of benzene rings is 1. The number of aromatic nitrogens is 7. The van der Waals surface area contributed by atoms with Crippen molar-refractivity contribution in [3.8, 4) is 5.82 Å². The van der Waals surface area contributed by atoms with Crippen molar-refractivity contribution in [2.45, 2.75) is 6.54 Å². The van der Waals surface area contributed by atoms with Crippen molar-refractivity contribution in [1.29, 1.82) is 0 Å². The van der Waals surface area contributed by atoms with Crippen molar-refractivity contribution in [2.75, 3.05) is 5.32 Å². The van der Waals surface area contributed by atoms with E-state index in [4.69, 9.17) is 0 Å². The van der Waals surface area contributed by atoms with Gasteiger partial charge in [0.2, 0.25) is 0 Å². The van der Waals surface area contributed by atoms with Gasteiger partial charge in [-0.25, -0.2) is 19.3 Å². The number of halogens is 1. The topological polar surface area (TPSA) is 86.3 Å². The zero-order valence-electron chi connectivity index (χ0n) is 15.1. The zero-order chi connectivity index (χ0) is 19.6. The summed E-state index contributed by atoms with van der Waals surface area (Å²) in [4.78, 5) is 13.0. The molecular weight excluding hydrogens is 371 g/mol. The fraction of sp³-hybridized carbons (Fsp3) is 0.0500. The number of hydrogen-bond acceptors (Lipinski definition) is 6. The second-order valence-corrected chi connectivity index (χ2v) is 6.38. The second kappa shape index (κ2) is 7.12. The highest BCUT2D eigenvalue weighted by atomic mass is 19.1. The Hall–Kier alpha value is -4.14. The summed E-state index contributed by atoms with van der Waals surface area (Å²) in [5.74, 6) is 1.05. The lowest BCUT2D eigenvalue weighted by Crippen LogP contribution is -2.01. The molecule has 0 saturated heterocycles. The average Bonchev–Trinajstić information content (AvgIpc) is 3.38. The van der Waals surface area contributed by atoms with E-state index >= 15 is 0 Å². The van der Waals surface area contributed by atoms with E-state index in [-0.39, 0.29) is 5.82 Å². The molecule has 8 nitrogen and oxygen atoms in total. The first kappa shape index (κ1) is 17.0. The van der Waals surface area contributed by atoms with Gasteiger partial charge >= 0.3 is 0 Å². The van der Waals surface area contributed by atoms with Gasteiger partial charge in [0.25, 0.3) is 0 Å². The Balaban J connectivity index is 1.40. The Bertz CT molecular complexity index is 1260. The van der Waals surface area contributed by atoms with Gasteiger partial charge in [0.15, 0.2) is 11.5 Å². The van der Waals surface area contributed by atoms with Gasteiger partial charge in [-0.1, -0.05) is 18.2 Å². The molecule has 4 heterocycles. The minimum absolute atomic E-state index is 0.254. The first-order valence-electron chi connectivity index (χ1n) is 8.90. The van der Waals surface area contributed by atoms with Crippen LogP contribution in [0.15, 0.2) is 73.6 Å². The molecule has 4 aromatic heterocycles. The van der Waals surface area contributed by atoms with E-state index in [1.807, 2.05) is 24.4 Å². The Morgan fingerprint density at radius 1 is 0.931 bits per heavy atom. The summed E-state index contributed by atoms with van der Waals surface area (Å²) < 4.78 is 16.5. The summed E-state index contributed by atoms with van der Waals surface area (Å²) in [6.07, 6.45) is 8.46. The van der Waals surface area contributed by atoms with Crippen molar-refractivity contribution < 1.29 is 4.39 Å². The summed E-state index contributed by atoms with van der Waals surface area (Å²) in [5.41, 5.74) is 2.39. The molecule has 0 radical (unpaired) electrons. The van der Waals surface area contributed by atoms with Crippen molar-refractivity contribution in [2.24, 2.45) is 0 Å². The number of anilines is 2. The summed E-state index contributed by atoms with van der Waals surface area (Å²) in [5, 5.41) is 12.8. The SMILES string of the molecule is Fc1ccc(Cn2cc(Nc3ncnc4c3cnn4-c3ccccn3)cn2)cc1. The van der Waals surface area contributed by atoms with Crippen LogP contribution in [0.5, 0.6) is 0 Å². The van der Waals surface area contributed by atoms with E-state index in [2.05, 4.69) is 30.5 Å². The summed E-state index contributed by atoms with van der Waals surface area (Å²) in [6.45, 7) is 0.540. The molecule has 0 unspecified atom stereocenters. The number of rotatable bonds is 5. The van der Waals surface area contributed by atoms with Crippen molar-refractivity contribution in [3.63, 3.8) is 0 Å². The molecule has 1 aromatic carbocycles. The van der Waals surface area contributed by atoms with E-state index in [9.17, 15) is 4.39 Å². The highest BCUT2D eigenvalue weighted by Gasteiger charge is 2.12. The maximum absolute atomic E-state index is 13.1. The number of fused-ring (bicyclic) bond motifs is 1.